The van der Waals surface area contributed by atoms with E-state index in [-0.39, 0.29) is 5.91 Å². The van der Waals surface area contributed by atoms with Crippen LogP contribution in [0.3, 0.4) is 0 Å². The summed E-state index contributed by atoms with van der Waals surface area (Å²) in [7, 11) is 0. The number of pyridine rings is 1. The zero-order valence-corrected chi connectivity index (χ0v) is 15.0. The topological polar surface area (TPSA) is 75.9 Å². The van der Waals surface area contributed by atoms with Gasteiger partial charge >= 0.3 is 0 Å². The Morgan fingerprint density at radius 2 is 2.12 bits per heavy atom. The third-order valence-corrected chi connectivity index (χ3v) is 4.53. The van der Waals surface area contributed by atoms with Gasteiger partial charge in [0.15, 0.2) is 0 Å². The number of fused-ring (bicyclic) bond motifs is 1. The third-order valence-electron chi connectivity index (χ3n) is 4.53. The predicted octanol–water partition coefficient (Wildman–Crippen LogP) is 2.81. The van der Waals surface area contributed by atoms with E-state index in [2.05, 4.69) is 39.0 Å². The van der Waals surface area contributed by atoms with Crippen molar-refractivity contribution in [3.63, 3.8) is 0 Å². The Hall–Kier alpha value is -2.96. The molecule has 134 valence electrons. The minimum Gasteiger partial charge on any atom is -0.368 e. The molecule has 26 heavy (non-hydrogen) atoms. The lowest BCUT2D eigenvalue weighted by Crippen LogP contribution is -2.48. The maximum absolute atomic E-state index is 12.5. The van der Waals surface area contributed by atoms with E-state index in [0.717, 1.165) is 35.6 Å². The van der Waals surface area contributed by atoms with Gasteiger partial charge in [0.05, 0.1) is 5.52 Å². The molecule has 3 aromatic heterocycles. The molecule has 1 aliphatic rings. The van der Waals surface area contributed by atoms with E-state index >= 15 is 0 Å². The first kappa shape index (κ1) is 16.5. The second-order valence-electron chi connectivity index (χ2n) is 7.07. The molecule has 7 heteroatoms. The minimum atomic E-state index is 0.109. The van der Waals surface area contributed by atoms with Crippen molar-refractivity contribution in [3.8, 4) is 0 Å². The second kappa shape index (κ2) is 6.74. The average Bonchev–Trinajstić information content (AvgIpc) is 3.01. The van der Waals surface area contributed by atoms with Gasteiger partial charge in [-0.25, -0.2) is 9.97 Å². The molecule has 7 nitrogen and oxygen atoms in total. The first-order valence-corrected chi connectivity index (χ1v) is 8.88. The highest BCUT2D eigenvalue weighted by atomic mass is 16.2. The summed E-state index contributed by atoms with van der Waals surface area (Å²) in [5, 5.41) is 4.27. The minimum absolute atomic E-state index is 0.109. The summed E-state index contributed by atoms with van der Waals surface area (Å²) >= 11 is 0. The molecule has 0 atom stereocenters. The third kappa shape index (κ3) is 3.37. The maximum Gasteiger partial charge on any atom is 0.231 e. The van der Waals surface area contributed by atoms with Gasteiger partial charge in [0.1, 0.15) is 18.0 Å². The van der Waals surface area contributed by atoms with Crippen LogP contribution in [0, 0.1) is 5.92 Å². The van der Waals surface area contributed by atoms with E-state index in [1.165, 1.54) is 0 Å². The lowest BCUT2D eigenvalue weighted by molar-refractivity contribution is 0.0872. The molecule has 1 saturated heterocycles. The van der Waals surface area contributed by atoms with Gasteiger partial charge in [-0.3, -0.25) is 14.3 Å². The zero-order chi connectivity index (χ0) is 18.1. The molecule has 4 heterocycles. The molecule has 0 saturated carbocycles. The van der Waals surface area contributed by atoms with Crippen molar-refractivity contribution in [2.75, 3.05) is 23.3 Å². The van der Waals surface area contributed by atoms with Crippen LogP contribution in [0.4, 0.5) is 11.6 Å². The van der Waals surface area contributed by atoms with Crippen LogP contribution in [0.2, 0.25) is 0 Å². The highest BCUT2D eigenvalue weighted by Crippen LogP contribution is 2.26. The van der Waals surface area contributed by atoms with Crippen LogP contribution in [-0.4, -0.2) is 44.6 Å². The summed E-state index contributed by atoms with van der Waals surface area (Å²) < 4.78 is 1.66. The van der Waals surface area contributed by atoms with Gasteiger partial charge in [0.25, 0.3) is 0 Å². The highest BCUT2D eigenvalue weighted by molar-refractivity contribution is 5.87. The Bertz CT molecular complexity index is 895. The molecule has 4 rings (SSSR count). The number of hydrogen-bond donors (Lipinski definition) is 1. The van der Waals surface area contributed by atoms with Crippen LogP contribution in [-0.2, 0) is 0 Å². The average molecular weight is 350 g/mol. The summed E-state index contributed by atoms with van der Waals surface area (Å²) in [4.78, 5) is 27.6. The Balaban J connectivity index is 1.35. The van der Waals surface area contributed by atoms with Crippen LogP contribution < -0.4 is 10.2 Å². The molecule has 0 bridgehead atoms. The van der Waals surface area contributed by atoms with Crippen molar-refractivity contribution in [1.29, 1.82) is 0 Å². The van der Waals surface area contributed by atoms with Crippen LogP contribution >= 0.6 is 0 Å². The number of aromatic nitrogens is 4. The maximum atomic E-state index is 12.5. The van der Waals surface area contributed by atoms with Crippen molar-refractivity contribution in [1.82, 2.24) is 19.5 Å². The number of hydrogen-bond acceptors (Lipinski definition) is 6. The monoisotopic (exact) mass is 350 g/mol. The van der Waals surface area contributed by atoms with E-state index in [4.69, 9.17) is 0 Å². The number of carbonyl (C=O) groups excluding carboxylic acids is 1. The molecule has 3 aromatic rings. The van der Waals surface area contributed by atoms with Crippen molar-refractivity contribution < 1.29 is 4.79 Å². The van der Waals surface area contributed by atoms with Crippen LogP contribution in [0.25, 0.3) is 10.9 Å². The molecule has 0 aromatic carbocycles. The summed E-state index contributed by atoms with van der Waals surface area (Å²) in [5.41, 5.74) is 0.849. The van der Waals surface area contributed by atoms with E-state index in [1.807, 2.05) is 30.6 Å². The van der Waals surface area contributed by atoms with Gasteiger partial charge in [-0.15, -0.1) is 0 Å². The molecule has 0 spiro atoms. The van der Waals surface area contributed by atoms with Crippen LogP contribution in [0.15, 0.2) is 43.1 Å². The lowest BCUT2D eigenvalue weighted by Gasteiger charge is -2.39. The van der Waals surface area contributed by atoms with Crippen molar-refractivity contribution in [2.45, 2.75) is 26.3 Å². The van der Waals surface area contributed by atoms with Gasteiger partial charge in [0, 0.05) is 61.5 Å². The molecule has 1 aliphatic heterocycles. The fourth-order valence-electron chi connectivity index (χ4n) is 3.24. The van der Waals surface area contributed by atoms with Gasteiger partial charge in [-0.05, 0) is 26.0 Å². The molecule has 0 amide bonds. The summed E-state index contributed by atoms with van der Waals surface area (Å²) in [6.45, 7) is 5.83. The van der Waals surface area contributed by atoms with Gasteiger partial charge < -0.3 is 10.2 Å². The first-order chi connectivity index (χ1) is 12.6. The number of carbonyl (C=O) groups is 1. The molecular formula is C19H22N6O. The molecule has 0 radical (unpaired) electrons. The Kier molecular flexibility index (Phi) is 4.28. The second-order valence-corrected chi connectivity index (χ2v) is 7.07. The standard InChI is InChI=1S/C19H22N6O/c1-13(2)23-17-7-18(22-12-21-17)24-8-14(9-24)6-19(26)25-10-15-4-3-5-20-16(15)11-25/h3-5,7,10-14H,6,8-9H2,1-2H3,(H,21,22,23). The zero-order valence-electron chi connectivity index (χ0n) is 15.0. The molecular weight excluding hydrogens is 328 g/mol. The predicted molar refractivity (Wildman–Crippen MR) is 101 cm³/mol. The normalized spacial score (nSPS) is 14.7. The SMILES string of the molecule is CC(C)Nc1cc(N2CC(CC(=O)n3cc4cccnc4c3)C2)ncn1. The molecule has 0 aliphatic carbocycles. The van der Waals surface area contributed by atoms with Crippen molar-refractivity contribution >= 4 is 28.4 Å². The van der Waals surface area contributed by atoms with Gasteiger partial charge in [-0.2, -0.15) is 0 Å². The number of nitrogens with one attached hydrogen (secondary N) is 1. The molecule has 1 N–H and O–H groups in total. The molecule has 0 unspecified atom stereocenters. The van der Waals surface area contributed by atoms with E-state index in [0.29, 0.717) is 18.4 Å². The fourth-order valence-corrected chi connectivity index (χ4v) is 3.24. The quantitative estimate of drug-likeness (QED) is 0.762. The number of nitrogens with zero attached hydrogens (tertiary/aromatic N) is 5. The first-order valence-electron chi connectivity index (χ1n) is 8.88. The van der Waals surface area contributed by atoms with E-state index < -0.39 is 0 Å². The van der Waals surface area contributed by atoms with Crippen molar-refractivity contribution in [2.24, 2.45) is 5.92 Å². The van der Waals surface area contributed by atoms with E-state index in [1.54, 1.807) is 17.1 Å². The van der Waals surface area contributed by atoms with E-state index in [9.17, 15) is 4.79 Å². The van der Waals surface area contributed by atoms with Crippen LogP contribution in [0.5, 0.6) is 0 Å². The Morgan fingerprint density at radius 3 is 2.88 bits per heavy atom. The fraction of sp³-hybridized carbons (Fsp3) is 0.368. The van der Waals surface area contributed by atoms with Gasteiger partial charge in [-0.1, -0.05) is 0 Å². The Morgan fingerprint density at radius 1 is 1.27 bits per heavy atom. The molecule has 1 fully saturated rings. The lowest BCUT2D eigenvalue weighted by atomic mass is 9.96. The summed E-state index contributed by atoms with van der Waals surface area (Å²) in [6, 6.07) is 6.13. The Labute approximate surface area is 152 Å². The summed E-state index contributed by atoms with van der Waals surface area (Å²) in [5.74, 6) is 2.19. The van der Waals surface area contributed by atoms with Crippen LogP contribution in [0.1, 0.15) is 25.1 Å². The number of anilines is 2. The number of rotatable bonds is 5. The highest BCUT2D eigenvalue weighted by Gasteiger charge is 2.30. The van der Waals surface area contributed by atoms with Crippen molar-refractivity contribution in [3.05, 3.63) is 43.1 Å². The van der Waals surface area contributed by atoms with Gasteiger partial charge in [0.2, 0.25) is 5.91 Å². The largest absolute Gasteiger partial charge is 0.368 e. The summed E-state index contributed by atoms with van der Waals surface area (Å²) in [6.07, 6.45) is 7.51. The smallest absolute Gasteiger partial charge is 0.231 e.